The molecule has 24 heavy (non-hydrogen) atoms. The monoisotopic (exact) mass is 424 g/mol. The third kappa shape index (κ3) is 4.30. The largest absolute Gasteiger partial charge is 0.505 e. The van der Waals surface area contributed by atoms with E-state index in [2.05, 4.69) is 21.2 Å². The van der Waals surface area contributed by atoms with E-state index in [1.165, 1.54) is 12.1 Å². The van der Waals surface area contributed by atoms with Crippen molar-refractivity contribution in [1.29, 1.82) is 5.26 Å². The molecular weight excluding hydrogens is 415 g/mol. The van der Waals surface area contributed by atoms with Crippen LogP contribution in [0.15, 0.2) is 40.4 Å². The average molecular weight is 426 g/mol. The van der Waals surface area contributed by atoms with Crippen LogP contribution in [0.3, 0.4) is 0 Å². The zero-order valence-corrected chi connectivity index (χ0v) is 15.5. The number of halogens is 3. The fourth-order valence-corrected chi connectivity index (χ4v) is 2.85. The molecule has 0 atom stereocenters. The van der Waals surface area contributed by atoms with Crippen LogP contribution in [-0.4, -0.2) is 11.0 Å². The van der Waals surface area contributed by atoms with Gasteiger partial charge < -0.3 is 10.4 Å². The molecule has 0 fully saturated rings. The molecule has 2 N–H and O–H groups in total. The van der Waals surface area contributed by atoms with Gasteiger partial charge in [0.2, 0.25) is 0 Å². The molecule has 0 unspecified atom stereocenters. The van der Waals surface area contributed by atoms with Gasteiger partial charge in [0.1, 0.15) is 17.4 Å². The Kier molecular flexibility index (Phi) is 5.89. The average Bonchev–Trinajstić information content (AvgIpc) is 2.53. The van der Waals surface area contributed by atoms with Gasteiger partial charge in [0, 0.05) is 10.7 Å². The van der Waals surface area contributed by atoms with E-state index in [1.54, 1.807) is 24.3 Å². The summed E-state index contributed by atoms with van der Waals surface area (Å²) in [7, 11) is 0. The lowest BCUT2D eigenvalue weighted by Crippen LogP contribution is -2.13. The minimum absolute atomic E-state index is 0.105. The smallest absolute Gasteiger partial charge is 0.266 e. The summed E-state index contributed by atoms with van der Waals surface area (Å²) in [6.45, 7) is 1.85. The summed E-state index contributed by atoms with van der Waals surface area (Å²) in [4.78, 5) is 12.2. The summed E-state index contributed by atoms with van der Waals surface area (Å²) in [5.74, 6) is -0.677. The molecule has 0 saturated heterocycles. The van der Waals surface area contributed by atoms with Crippen LogP contribution in [-0.2, 0) is 4.79 Å². The topological polar surface area (TPSA) is 73.1 Å². The number of nitriles is 1. The molecule has 4 nitrogen and oxygen atoms in total. The highest BCUT2D eigenvalue weighted by Crippen LogP contribution is 2.33. The molecule has 0 heterocycles. The van der Waals surface area contributed by atoms with Gasteiger partial charge in [-0.3, -0.25) is 4.79 Å². The fourth-order valence-electron chi connectivity index (χ4n) is 1.85. The first-order valence-electron chi connectivity index (χ1n) is 6.69. The number of phenolic OH excluding ortho intramolecular Hbond substituents is 1. The Balaban J connectivity index is 2.29. The van der Waals surface area contributed by atoms with E-state index in [-0.39, 0.29) is 16.3 Å². The normalized spacial score (nSPS) is 11.0. The molecule has 1 amide bonds. The Bertz CT molecular complexity index is 866. The SMILES string of the molecule is Cc1ccc(NC(=O)/C(C#N)=C\c2cc(Cl)c(O)c(Br)c2)cc1Cl. The van der Waals surface area contributed by atoms with E-state index in [9.17, 15) is 15.2 Å². The summed E-state index contributed by atoms with van der Waals surface area (Å²) in [6, 6.07) is 9.92. The molecule has 2 aromatic carbocycles. The number of carbonyl (C=O) groups is 1. The number of nitrogens with one attached hydrogen (secondary N) is 1. The van der Waals surface area contributed by atoms with Crippen molar-refractivity contribution >= 4 is 56.8 Å². The third-order valence-electron chi connectivity index (χ3n) is 3.15. The van der Waals surface area contributed by atoms with Crippen LogP contribution in [0.1, 0.15) is 11.1 Å². The number of phenols is 1. The van der Waals surface area contributed by atoms with Crippen LogP contribution in [0.2, 0.25) is 10.0 Å². The van der Waals surface area contributed by atoms with Gasteiger partial charge in [-0.2, -0.15) is 5.26 Å². The van der Waals surface area contributed by atoms with Crippen LogP contribution in [0, 0.1) is 18.3 Å². The van der Waals surface area contributed by atoms with Gasteiger partial charge in [0.05, 0.1) is 9.50 Å². The first kappa shape index (κ1) is 18.3. The Morgan fingerprint density at radius 1 is 1.29 bits per heavy atom. The number of hydrogen-bond donors (Lipinski definition) is 2. The molecule has 7 heteroatoms. The van der Waals surface area contributed by atoms with Gasteiger partial charge in [-0.25, -0.2) is 0 Å². The third-order valence-corrected chi connectivity index (χ3v) is 4.44. The lowest BCUT2D eigenvalue weighted by Gasteiger charge is -2.07. The highest BCUT2D eigenvalue weighted by atomic mass is 79.9. The number of benzene rings is 2. The van der Waals surface area contributed by atoms with Crippen LogP contribution in [0.4, 0.5) is 5.69 Å². The quantitative estimate of drug-likeness (QED) is 0.516. The van der Waals surface area contributed by atoms with E-state index in [4.69, 9.17) is 23.2 Å². The van der Waals surface area contributed by atoms with Crippen molar-refractivity contribution in [3.8, 4) is 11.8 Å². The summed E-state index contributed by atoms with van der Waals surface area (Å²) in [5, 5.41) is 22.1. The number of anilines is 1. The maximum atomic E-state index is 12.2. The summed E-state index contributed by atoms with van der Waals surface area (Å²) < 4.78 is 0.365. The van der Waals surface area contributed by atoms with Gasteiger partial charge in [0.25, 0.3) is 5.91 Å². The second-order valence-corrected chi connectivity index (χ2v) is 6.59. The van der Waals surface area contributed by atoms with Crippen molar-refractivity contribution in [3.63, 3.8) is 0 Å². The van der Waals surface area contributed by atoms with Crippen LogP contribution in [0.25, 0.3) is 6.08 Å². The Morgan fingerprint density at radius 3 is 2.58 bits per heavy atom. The summed E-state index contributed by atoms with van der Waals surface area (Å²) >= 11 is 15.0. The molecule has 0 aliphatic rings. The fraction of sp³-hybridized carbons (Fsp3) is 0.0588. The number of rotatable bonds is 3. The Labute approximate surface area is 157 Å². The molecule has 0 radical (unpaired) electrons. The second-order valence-electron chi connectivity index (χ2n) is 4.92. The van der Waals surface area contributed by atoms with E-state index in [0.29, 0.717) is 20.7 Å². The lowest BCUT2D eigenvalue weighted by atomic mass is 10.1. The van der Waals surface area contributed by atoms with Gasteiger partial charge in [-0.05, 0) is 64.3 Å². The van der Waals surface area contributed by atoms with Gasteiger partial charge in [-0.1, -0.05) is 29.3 Å². The standard InChI is InChI=1S/C17H11BrCl2N2O2/c1-9-2-3-12(7-14(9)19)22-17(24)11(8-21)4-10-5-13(18)16(23)15(20)6-10/h2-7,23H,1H3,(H,22,24)/b11-4-. The maximum absolute atomic E-state index is 12.2. The minimum Gasteiger partial charge on any atom is -0.505 e. The van der Waals surface area contributed by atoms with Crippen molar-refractivity contribution < 1.29 is 9.90 Å². The molecular formula is C17H11BrCl2N2O2. The predicted molar refractivity (Wildman–Crippen MR) is 99.2 cm³/mol. The molecule has 0 bridgehead atoms. The van der Waals surface area contributed by atoms with Crippen molar-refractivity contribution in [2.24, 2.45) is 0 Å². The van der Waals surface area contributed by atoms with Crippen molar-refractivity contribution in [1.82, 2.24) is 0 Å². The van der Waals surface area contributed by atoms with Crippen LogP contribution in [0.5, 0.6) is 5.75 Å². The van der Waals surface area contributed by atoms with Crippen molar-refractivity contribution in [3.05, 3.63) is 61.5 Å². The molecule has 0 aliphatic carbocycles. The summed E-state index contributed by atoms with van der Waals surface area (Å²) in [5.41, 5.74) is 1.76. The van der Waals surface area contributed by atoms with Gasteiger partial charge in [-0.15, -0.1) is 0 Å². The van der Waals surface area contributed by atoms with Crippen molar-refractivity contribution in [2.45, 2.75) is 6.92 Å². The molecule has 2 rings (SSSR count). The maximum Gasteiger partial charge on any atom is 0.266 e. The second kappa shape index (κ2) is 7.71. The van der Waals surface area contributed by atoms with E-state index >= 15 is 0 Å². The minimum atomic E-state index is -0.572. The predicted octanol–water partition coefficient (Wildman–Crippen LogP) is 5.32. The van der Waals surface area contributed by atoms with Gasteiger partial charge in [0.15, 0.2) is 0 Å². The number of amides is 1. The lowest BCUT2D eigenvalue weighted by molar-refractivity contribution is -0.112. The summed E-state index contributed by atoms with van der Waals surface area (Å²) in [6.07, 6.45) is 1.38. The van der Waals surface area contributed by atoms with Crippen LogP contribution < -0.4 is 5.32 Å². The molecule has 0 saturated carbocycles. The zero-order chi connectivity index (χ0) is 17.9. The number of hydrogen-bond acceptors (Lipinski definition) is 3. The highest BCUT2D eigenvalue weighted by molar-refractivity contribution is 9.10. The van der Waals surface area contributed by atoms with Crippen LogP contribution >= 0.6 is 39.1 Å². The molecule has 0 aromatic heterocycles. The first-order valence-corrected chi connectivity index (χ1v) is 8.24. The molecule has 0 spiro atoms. The molecule has 122 valence electrons. The van der Waals surface area contributed by atoms with E-state index in [1.807, 2.05) is 13.0 Å². The first-order chi connectivity index (χ1) is 11.3. The number of aromatic hydroxyl groups is 1. The molecule has 0 aliphatic heterocycles. The van der Waals surface area contributed by atoms with E-state index < -0.39 is 5.91 Å². The van der Waals surface area contributed by atoms with Gasteiger partial charge >= 0.3 is 0 Å². The van der Waals surface area contributed by atoms with Crippen molar-refractivity contribution in [2.75, 3.05) is 5.32 Å². The number of aryl methyl sites for hydroxylation is 1. The number of nitrogens with zero attached hydrogens (tertiary/aromatic N) is 1. The van der Waals surface area contributed by atoms with E-state index in [0.717, 1.165) is 5.56 Å². The zero-order valence-electron chi connectivity index (χ0n) is 12.4. The molecule has 2 aromatic rings. The Hall–Kier alpha value is -2.00. The Morgan fingerprint density at radius 2 is 2.00 bits per heavy atom. The highest BCUT2D eigenvalue weighted by Gasteiger charge is 2.12. The number of carbonyl (C=O) groups excluding carboxylic acids is 1.